The molecule has 1 aromatic rings. The highest BCUT2D eigenvalue weighted by atomic mass is 19.1. The predicted octanol–water partition coefficient (Wildman–Crippen LogP) is 2.20. The van der Waals surface area contributed by atoms with E-state index >= 15 is 0 Å². The van der Waals surface area contributed by atoms with E-state index in [1.807, 2.05) is 32.8 Å². The fraction of sp³-hybridized carbons (Fsp3) is 0.500. The van der Waals surface area contributed by atoms with Crippen molar-refractivity contribution < 1.29 is 9.50 Å². The molecule has 15 heavy (non-hydrogen) atoms. The van der Waals surface area contributed by atoms with Gasteiger partial charge in [-0.15, -0.1) is 0 Å². The van der Waals surface area contributed by atoms with E-state index in [0.29, 0.717) is 5.56 Å². The Kier molecular flexibility index (Phi) is 3.47. The highest BCUT2D eigenvalue weighted by molar-refractivity contribution is 5.22. The summed E-state index contributed by atoms with van der Waals surface area (Å²) >= 11 is 0. The van der Waals surface area contributed by atoms with Gasteiger partial charge in [-0.25, -0.2) is 4.39 Å². The van der Waals surface area contributed by atoms with Crippen LogP contribution in [-0.4, -0.2) is 29.6 Å². The number of hydrogen-bond donors (Lipinski definition) is 1. The van der Waals surface area contributed by atoms with E-state index in [1.54, 1.807) is 18.2 Å². The Bertz CT molecular complexity index is 336. The second kappa shape index (κ2) is 4.29. The molecule has 0 amide bonds. The summed E-state index contributed by atoms with van der Waals surface area (Å²) in [5.74, 6) is -0.361. The maximum Gasteiger partial charge on any atom is 0.129 e. The number of hydrogen-bond acceptors (Lipinski definition) is 2. The van der Waals surface area contributed by atoms with Gasteiger partial charge >= 0.3 is 0 Å². The van der Waals surface area contributed by atoms with Crippen LogP contribution in [0.1, 0.15) is 25.5 Å². The molecule has 0 saturated heterocycles. The maximum absolute atomic E-state index is 13.5. The van der Waals surface area contributed by atoms with Gasteiger partial charge < -0.3 is 10.0 Å². The van der Waals surface area contributed by atoms with Crippen LogP contribution in [0.4, 0.5) is 4.39 Å². The van der Waals surface area contributed by atoms with E-state index < -0.39 is 11.6 Å². The van der Waals surface area contributed by atoms with Crippen molar-refractivity contribution in [1.82, 2.24) is 4.90 Å². The maximum atomic E-state index is 13.5. The van der Waals surface area contributed by atoms with Crippen molar-refractivity contribution in [2.45, 2.75) is 25.5 Å². The monoisotopic (exact) mass is 211 g/mol. The number of nitrogens with zero attached hydrogens (tertiary/aromatic N) is 1. The summed E-state index contributed by atoms with van der Waals surface area (Å²) in [6.07, 6.45) is -0.839. The molecule has 1 rings (SSSR count). The molecule has 2 nitrogen and oxygen atoms in total. The van der Waals surface area contributed by atoms with Crippen molar-refractivity contribution in [3.63, 3.8) is 0 Å². The molecule has 1 aromatic carbocycles. The third-order valence-corrected chi connectivity index (χ3v) is 3.02. The highest BCUT2D eigenvalue weighted by Crippen LogP contribution is 2.30. The lowest BCUT2D eigenvalue weighted by molar-refractivity contribution is 0.0142. The van der Waals surface area contributed by atoms with Gasteiger partial charge in [0.15, 0.2) is 0 Å². The van der Waals surface area contributed by atoms with Gasteiger partial charge in [0.25, 0.3) is 0 Å². The minimum absolute atomic E-state index is 0.344. The molecule has 3 heteroatoms. The molecular formula is C12H18FNO. The number of rotatable bonds is 3. The summed E-state index contributed by atoms with van der Waals surface area (Å²) in [6.45, 7) is 3.76. The van der Waals surface area contributed by atoms with Gasteiger partial charge in [-0.05, 0) is 34.0 Å². The van der Waals surface area contributed by atoms with Crippen molar-refractivity contribution in [1.29, 1.82) is 0 Å². The molecule has 1 unspecified atom stereocenters. The second-order valence-electron chi connectivity index (χ2n) is 4.47. The lowest BCUT2D eigenvalue weighted by atomic mass is 9.90. The minimum atomic E-state index is -0.839. The average molecular weight is 211 g/mol. The number of benzene rings is 1. The van der Waals surface area contributed by atoms with Crippen LogP contribution in [-0.2, 0) is 0 Å². The molecule has 84 valence electrons. The van der Waals surface area contributed by atoms with Crippen LogP contribution in [0, 0.1) is 5.82 Å². The normalized spacial score (nSPS) is 14.3. The zero-order chi connectivity index (χ0) is 11.6. The Hall–Kier alpha value is -0.930. The van der Waals surface area contributed by atoms with Crippen molar-refractivity contribution in [3.05, 3.63) is 35.6 Å². The molecule has 0 spiro atoms. The van der Waals surface area contributed by atoms with Gasteiger partial charge in [0, 0.05) is 11.1 Å². The summed E-state index contributed by atoms with van der Waals surface area (Å²) in [4.78, 5) is 1.88. The van der Waals surface area contributed by atoms with Gasteiger partial charge in [-0.3, -0.25) is 0 Å². The summed E-state index contributed by atoms with van der Waals surface area (Å²) in [7, 11) is 3.73. The summed E-state index contributed by atoms with van der Waals surface area (Å²) in [5, 5.41) is 10.1. The predicted molar refractivity (Wildman–Crippen MR) is 59.1 cm³/mol. The molecule has 0 aliphatic heterocycles. The number of aliphatic hydroxyl groups excluding tert-OH is 1. The number of halogens is 1. The zero-order valence-corrected chi connectivity index (χ0v) is 9.66. The summed E-state index contributed by atoms with van der Waals surface area (Å²) < 4.78 is 13.5. The van der Waals surface area contributed by atoms with Gasteiger partial charge in [-0.1, -0.05) is 18.2 Å². The van der Waals surface area contributed by atoms with Gasteiger partial charge in [0.1, 0.15) is 5.82 Å². The average Bonchev–Trinajstić information content (AvgIpc) is 2.17. The fourth-order valence-corrected chi connectivity index (χ4v) is 1.32. The molecular weight excluding hydrogens is 193 g/mol. The van der Waals surface area contributed by atoms with E-state index in [-0.39, 0.29) is 5.82 Å². The van der Waals surface area contributed by atoms with Crippen molar-refractivity contribution in [3.8, 4) is 0 Å². The second-order valence-corrected chi connectivity index (χ2v) is 4.47. The largest absolute Gasteiger partial charge is 0.386 e. The van der Waals surface area contributed by atoms with Crippen LogP contribution in [0.25, 0.3) is 0 Å². The van der Waals surface area contributed by atoms with Crippen LogP contribution in [0.15, 0.2) is 24.3 Å². The van der Waals surface area contributed by atoms with E-state index in [4.69, 9.17) is 0 Å². The Labute approximate surface area is 90.3 Å². The first-order valence-corrected chi connectivity index (χ1v) is 4.97. The first kappa shape index (κ1) is 12.1. The SMILES string of the molecule is CN(C)C(C)(C)C(O)c1ccccc1F. The first-order valence-electron chi connectivity index (χ1n) is 4.97. The van der Waals surface area contributed by atoms with Crippen molar-refractivity contribution >= 4 is 0 Å². The lowest BCUT2D eigenvalue weighted by Crippen LogP contribution is -2.44. The van der Waals surface area contributed by atoms with Crippen molar-refractivity contribution in [2.24, 2.45) is 0 Å². The smallest absolute Gasteiger partial charge is 0.129 e. The molecule has 0 fully saturated rings. The molecule has 0 saturated carbocycles. The van der Waals surface area contributed by atoms with Crippen molar-refractivity contribution in [2.75, 3.05) is 14.1 Å². The van der Waals surface area contributed by atoms with E-state index in [2.05, 4.69) is 0 Å². The molecule has 1 N–H and O–H groups in total. The molecule has 0 heterocycles. The van der Waals surface area contributed by atoms with Gasteiger partial charge in [0.2, 0.25) is 0 Å². The van der Waals surface area contributed by atoms with Crippen LogP contribution in [0.5, 0.6) is 0 Å². The summed E-state index contributed by atoms with van der Waals surface area (Å²) in [5.41, 5.74) is -0.154. The Morgan fingerprint density at radius 3 is 2.27 bits per heavy atom. The van der Waals surface area contributed by atoms with Crippen LogP contribution >= 0.6 is 0 Å². The van der Waals surface area contributed by atoms with E-state index in [9.17, 15) is 9.50 Å². The molecule has 0 aliphatic carbocycles. The third-order valence-electron chi connectivity index (χ3n) is 3.02. The number of likely N-dealkylation sites (N-methyl/N-ethyl adjacent to an activating group) is 1. The van der Waals surface area contributed by atoms with E-state index in [0.717, 1.165) is 0 Å². The van der Waals surface area contributed by atoms with Crippen LogP contribution in [0.2, 0.25) is 0 Å². The Morgan fingerprint density at radius 1 is 1.27 bits per heavy atom. The number of aliphatic hydroxyl groups is 1. The molecule has 0 radical (unpaired) electrons. The fourth-order valence-electron chi connectivity index (χ4n) is 1.32. The standard InChI is InChI=1S/C12H18FNO/c1-12(2,14(3)4)11(15)9-7-5-6-8-10(9)13/h5-8,11,15H,1-4H3. The quantitative estimate of drug-likeness (QED) is 0.828. The first-order chi connectivity index (χ1) is 6.87. The van der Waals surface area contributed by atoms with Crippen LogP contribution < -0.4 is 0 Å². The minimum Gasteiger partial charge on any atom is -0.386 e. The Morgan fingerprint density at radius 2 is 1.80 bits per heavy atom. The molecule has 1 atom stereocenters. The molecule has 0 bridgehead atoms. The summed E-state index contributed by atoms with van der Waals surface area (Å²) in [6, 6.07) is 6.33. The molecule has 0 aromatic heterocycles. The van der Waals surface area contributed by atoms with Crippen LogP contribution in [0.3, 0.4) is 0 Å². The molecule has 0 aliphatic rings. The lowest BCUT2D eigenvalue weighted by Gasteiger charge is -2.37. The van der Waals surface area contributed by atoms with Gasteiger partial charge in [-0.2, -0.15) is 0 Å². The highest BCUT2D eigenvalue weighted by Gasteiger charge is 2.32. The topological polar surface area (TPSA) is 23.5 Å². The third kappa shape index (κ3) is 2.36. The Balaban J connectivity index is 3.04. The van der Waals surface area contributed by atoms with E-state index in [1.165, 1.54) is 6.07 Å². The zero-order valence-electron chi connectivity index (χ0n) is 9.66. The van der Waals surface area contributed by atoms with Gasteiger partial charge in [0.05, 0.1) is 6.10 Å².